The number of carbonyl (C=O) groups excluding carboxylic acids is 2. The van der Waals surface area contributed by atoms with Crippen molar-refractivity contribution in [2.45, 2.75) is 0 Å². The quantitative estimate of drug-likeness (QED) is 0.551. The number of carbonyl (C=O) groups is 2. The molecule has 21 heavy (non-hydrogen) atoms. The zero-order valence-electron chi connectivity index (χ0n) is 11.2. The highest BCUT2D eigenvalue weighted by Crippen LogP contribution is 2.10. The van der Waals surface area contributed by atoms with Gasteiger partial charge in [0.1, 0.15) is 23.0 Å². The van der Waals surface area contributed by atoms with Gasteiger partial charge in [-0.3, -0.25) is 0 Å². The Morgan fingerprint density at radius 1 is 0.810 bits per heavy atom. The van der Waals surface area contributed by atoms with E-state index >= 15 is 0 Å². The van der Waals surface area contributed by atoms with Crippen LogP contribution in [0.5, 0.6) is 0 Å². The van der Waals surface area contributed by atoms with Crippen LogP contribution >= 0.6 is 22.7 Å². The summed E-state index contributed by atoms with van der Waals surface area (Å²) >= 11 is 2.67. The third-order valence-electron chi connectivity index (χ3n) is 2.37. The van der Waals surface area contributed by atoms with E-state index in [-0.39, 0.29) is 38.4 Å². The van der Waals surface area contributed by atoms with Crippen molar-refractivity contribution in [3.8, 4) is 0 Å². The molecule has 0 aliphatic heterocycles. The first-order valence-corrected chi connectivity index (χ1v) is 8.02. The fraction of sp³-hybridized carbons (Fsp3) is 0.286. The van der Waals surface area contributed by atoms with E-state index in [1.165, 1.54) is 22.7 Å². The first-order valence-electron chi connectivity index (χ1n) is 6.26. The van der Waals surface area contributed by atoms with Crippen LogP contribution < -0.4 is 0 Å². The first kappa shape index (κ1) is 15.7. The summed E-state index contributed by atoms with van der Waals surface area (Å²) in [5.41, 5.74) is 0. The molecule has 0 saturated heterocycles. The molecule has 0 spiro atoms. The van der Waals surface area contributed by atoms with E-state index < -0.39 is 0 Å². The van der Waals surface area contributed by atoms with Crippen molar-refractivity contribution in [3.63, 3.8) is 0 Å². The average Bonchev–Trinajstić information content (AvgIpc) is 3.18. The largest absolute Gasteiger partial charge is 0.459 e. The van der Waals surface area contributed by atoms with Gasteiger partial charge in [-0.15, -0.1) is 22.7 Å². The molecule has 0 fully saturated rings. The predicted molar refractivity (Wildman–Crippen MR) is 80.0 cm³/mol. The maximum atomic E-state index is 11.5. The van der Waals surface area contributed by atoms with Gasteiger partial charge in [-0.05, 0) is 22.9 Å². The maximum absolute atomic E-state index is 11.5. The Balaban J connectivity index is 1.49. The third kappa shape index (κ3) is 5.30. The van der Waals surface area contributed by atoms with Crippen LogP contribution in [-0.4, -0.2) is 38.4 Å². The molecule has 2 aromatic heterocycles. The van der Waals surface area contributed by atoms with Gasteiger partial charge in [0.15, 0.2) is 0 Å². The number of hydrogen-bond donors (Lipinski definition) is 0. The van der Waals surface area contributed by atoms with E-state index in [1.54, 1.807) is 24.3 Å². The molecular weight excluding hydrogens is 312 g/mol. The molecule has 0 radical (unpaired) electrons. The van der Waals surface area contributed by atoms with Gasteiger partial charge >= 0.3 is 11.9 Å². The summed E-state index contributed by atoms with van der Waals surface area (Å²) in [6.07, 6.45) is 0. The second-order valence-corrected chi connectivity index (χ2v) is 5.73. The van der Waals surface area contributed by atoms with Crippen LogP contribution in [0.3, 0.4) is 0 Å². The Morgan fingerprint density at radius 2 is 1.29 bits per heavy atom. The fourth-order valence-corrected chi connectivity index (χ4v) is 2.65. The monoisotopic (exact) mass is 326 g/mol. The summed E-state index contributed by atoms with van der Waals surface area (Å²) in [5, 5.41) is 3.63. The van der Waals surface area contributed by atoms with Crippen LogP contribution in [0.25, 0.3) is 0 Å². The molecule has 0 aliphatic carbocycles. The zero-order chi connectivity index (χ0) is 14.9. The molecule has 112 valence electrons. The lowest BCUT2D eigenvalue weighted by Crippen LogP contribution is -2.14. The molecule has 2 rings (SSSR count). The Labute approximate surface area is 130 Å². The minimum absolute atomic E-state index is 0.176. The maximum Gasteiger partial charge on any atom is 0.348 e. The molecule has 7 heteroatoms. The zero-order valence-corrected chi connectivity index (χ0v) is 12.8. The summed E-state index contributed by atoms with van der Waals surface area (Å²) in [6.45, 7) is 0.895. The number of thiophene rings is 2. The van der Waals surface area contributed by atoms with E-state index in [1.807, 2.05) is 10.8 Å². The van der Waals surface area contributed by atoms with Crippen LogP contribution in [-0.2, 0) is 14.2 Å². The van der Waals surface area contributed by atoms with Gasteiger partial charge in [-0.1, -0.05) is 12.1 Å². The average molecular weight is 326 g/mol. The molecule has 0 bridgehead atoms. The molecule has 0 aromatic carbocycles. The van der Waals surface area contributed by atoms with Gasteiger partial charge in [0.2, 0.25) is 0 Å². The topological polar surface area (TPSA) is 61.8 Å². The lowest BCUT2D eigenvalue weighted by Gasteiger charge is -2.06. The van der Waals surface area contributed by atoms with Gasteiger partial charge in [0, 0.05) is 0 Å². The highest BCUT2D eigenvalue weighted by atomic mass is 32.1. The summed E-state index contributed by atoms with van der Waals surface area (Å²) in [6, 6.07) is 7.00. The van der Waals surface area contributed by atoms with Crippen LogP contribution in [0.4, 0.5) is 0 Å². The molecule has 0 saturated carbocycles. The lowest BCUT2D eigenvalue weighted by molar-refractivity contribution is 0.0155. The van der Waals surface area contributed by atoms with E-state index in [0.29, 0.717) is 9.75 Å². The van der Waals surface area contributed by atoms with Crippen LogP contribution in [0.2, 0.25) is 0 Å². The van der Waals surface area contributed by atoms with E-state index in [0.717, 1.165) is 0 Å². The standard InChI is InChI=1S/C14H14O5S2/c15-13(11-3-1-9-20-11)18-7-5-17-6-8-19-14(16)12-4-2-10-21-12/h1-4,9-10H,5-8H2. The first-order chi connectivity index (χ1) is 10.3. The molecule has 0 N–H and O–H groups in total. The highest BCUT2D eigenvalue weighted by Gasteiger charge is 2.08. The summed E-state index contributed by atoms with van der Waals surface area (Å²) in [4.78, 5) is 24.1. The number of esters is 2. The number of hydrogen-bond acceptors (Lipinski definition) is 7. The predicted octanol–water partition coefficient (Wildman–Crippen LogP) is 2.84. The minimum atomic E-state index is -0.349. The SMILES string of the molecule is O=C(OCCOCCOC(=O)c1cccs1)c1cccs1. The fourth-order valence-electron chi connectivity index (χ4n) is 1.42. The van der Waals surface area contributed by atoms with E-state index in [2.05, 4.69) is 0 Å². The van der Waals surface area contributed by atoms with Crippen molar-refractivity contribution in [3.05, 3.63) is 44.8 Å². The number of rotatable bonds is 8. The summed E-state index contributed by atoms with van der Waals surface area (Å²) in [7, 11) is 0. The molecule has 0 amide bonds. The van der Waals surface area contributed by atoms with E-state index in [4.69, 9.17) is 14.2 Å². The number of ether oxygens (including phenoxy) is 3. The van der Waals surface area contributed by atoms with Crippen LogP contribution in [0, 0.1) is 0 Å². The van der Waals surface area contributed by atoms with Gasteiger partial charge in [0.25, 0.3) is 0 Å². The molecule has 0 aliphatic rings. The summed E-state index contributed by atoms with van der Waals surface area (Å²) < 4.78 is 15.2. The normalized spacial score (nSPS) is 10.3. The van der Waals surface area contributed by atoms with Gasteiger partial charge < -0.3 is 14.2 Å². The second-order valence-electron chi connectivity index (χ2n) is 3.84. The van der Waals surface area contributed by atoms with Crippen molar-refractivity contribution in [1.82, 2.24) is 0 Å². The van der Waals surface area contributed by atoms with Gasteiger partial charge in [0.05, 0.1) is 13.2 Å². The van der Waals surface area contributed by atoms with Crippen molar-refractivity contribution < 1.29 is 23.8 Å². The highest BCUT2D eigenvalue weighted by molar-refractivity contribution is 7.12. The smallest absolute Gasteiger partial charge is 0.348 e. The van der Waals surface area contributed by atoms with Crippen molar-refractivity contribution in [1.29, 1.82) is 0 Å². The van der Waals surface area contributed by atoms with Crippen LogP contribution in [0.1, 0.15) is 19.3 Å². The van der Waals surface area contributed by atoms with Gasteiger partial charge in [-0.2, -0.15) is 0 Å². The Morgan fingerprint density at radius 3 is 1.67 bits per heavy atom. The van der Waals surface area contributed by atoms with Crippen LogP contribution in [0.15, 0.2) is 35.0 Å². The molecule has 0 atom stereocenters. The van der Waals surface area contributed by atoms with Crippen molar-refractivity contribution in [2.24, 2.45) is 0 Å². The molecule has 0 unspecified atom stereocenters. The lowest BCUT2D eigenvalue weighted by atomic mass is 10.5. The summed E-state index contributed by atoms with van der Waals surface area (Å²) in [5.74, 6) is -0.699. The minimum Gasteiger partial charge on any atom is -0.459 e. The van der Waals surface area contributed by atoms with Crippen molar-refractivity contribution in [2.75, 3.05) is 26.4 Å². The third-order valence-corrected chi connectivity index (χ3v) is 4.07. The Hall–Kier alpha value is -1.70. The molecule has 2 aromatic rings. The molecule has 5 nitrogen and oxygen atoms in total. The Kier molecular flexibility index (Phi) is 6.39. The Bertz CT molecular complexity index is 498. The van der Waals surface area contributed by atoms with E-state index in [9.17, 15) is 9.59 Å². The molecule has 2 heterocycles. The molecular formula is C14H14O5S2. The van der Waals surface area contributed by atoms with Gasteiger partial charge in [-0.25, -0.2) is 9.59 Å². The van der Waals surface area contributed by atoms with Crippen molar-refractivity contribution >= 4 is 34.6 Å². The second kappa shape index (κ2) is 8.56.